The second kappa shape index (κ2) is 7.01. The summed E-state index contributed by atoms with van der Waals surface area (Å²) >= 11 is 0. The smallest absolute Gasteiger partial charge is 0.197 e. The van der Waals surface area contributed by atoms with Crippen LogP contribution in [0.25, 0.3) is 22.3 Å². The molecule has 0 bridgehead atoms. The predicted octanol–water partition coefficient (Wildman–Crippen LogP) is 6.26. The second-order valence-corrected chi connectivity index (χ2v) is 7.13. The van der Waals surface area contributed by atoms with Gasteiger partial charge in [-0.15, -0.1) is 0 Å². The molecule has 0 atom stereocenters. The van der Waals surface area contributed by atoms with Crippen LogP contribution in [0.3, 0.4) is 0 Å². The van der Waals surface area contributed by atoms with E-state index in [1.807, 2.05) is 24.3 Å². The molecule has 0 aliphatic rings. The highest BCUT2D eigenvalue weighted by molar-refractivity contribution is 6.19. The van der Waals surface area contributed by atoms with Crippen LogP contribution in [0.15, 0.2) is 65.1 Å². The monoisotopic (exact) mass is 370 g/mol. The van der Waals surface area contributed by atoms with Crippen molar-refractivity contribution in [3.05, 3.63) is 88.5 Å². The number of benzene rings is 3. The van der Waals surface area contributed by atoms with Gasteiger partial charge in [0.05, 0.1) is 12.7 Å². The summed E-state index contributed by atoms with van der Waals surface area (Å²) in [4.78, 5) is 13.5. The van der Waals surface area contributed by atoms with Crippen molar-refractivity contribution in [1.29, 1.82) is 0 Å². The molecule has 1 heterocycles. The molecule has 3 heteroatoms. The number of para-hydroxylation sites is 1. The van der Waals surface area contributed by atoms with E-state index in [0.717, 1.165) is 27.8 Å². The Labute approximate surface area is 164 Å². The molecule has 3 nitrogen and oxygen atoms in total. The fraction of sp³-hybridized carbons (Fsp3) is 0.160. The van der Waals surface area contributed by atoms with Gasteiger partial charge in [-0.3, -0.25) is 4.79 Å². The molecule has 1 aromatic heterocycles. The Morgan fingerprint density at radius 1 is 0.893 bits per heavy atom. The van der Waals surface area contributed by atoms with Crippen LogP contribution in [0, 0.1) is 20.8 Å². The maximum atomic E-state index is 13.5. The summed E-state index contributed by atoms with van der Waals surface area (Å²) < 4.78 is 11.4. The summed E-state index contributed by atoms with van der Waals surface area (Å²) in [6.45, 7) is 6.19. The zero-order chi connectivity index (χ0) is 19.8. The van der Waals surface area contributed by atoms with E-state index in [4.69, 9.17) is 9.15 Å². The lowest BCUT2D eigenvalue weighted by atomic mass is 9.92. The average molecular weight is 370 g/mol. The van der Waals surface area contributed by atoms with Gasteiger partial charge in [0, 0.05) is 16.5 Å². The lowest BCUT2D eigenvalue weighted by Crippen LogP contribution is -2.03. The van der Waals surface area contributed by atoms with Crippen molar-refractivity contribution in [3.63, 3.8) is 0 Å². The van der Waals surface area contributed by atoms with E-state index in [0.29, 0.717) is 22.5 Å². The molecule has 28 heavy (non-hydrogen) atoms. The molecule has 0 saturated carbocycles. The van der Waals surface area contributed by atoms with Gasteiger partial charge < -0.3 is 9.15 Å². The van der Waals surface area contributed by atoms with Crippen LogP contribution in [-0.2, 0) is 0 Å². The Hall–Kier alpha value is -3.33. The Bertz CT molecular complexity index is 1160. The molecule has 0 fully saturated rings. The molecule has 0 amide bonds. The number of carbonyl (C=O) groups excluding carboxylic acids is 1. The Morgan fingerprint density at radius 2 is 1.54 bits per heavy atom. The number of ketones is 1. The maximum absolute atomic E-state index is 13.5. The summed E-state index contributed by atoms with van der Waals surface area (Å²) in [6, 6.07) is 19.1. The molecule has 3 aromatic carbocycles. The topological polar surface area (TPSA) is 39.4 Å². The van der Waals surface area contributed by atoms with E-state index < -0.39 is 0 Å². The summed E-state index contributed by atoms with van der Waals surface area (Å²) in [5.74, 6) is 1.30. The van der Waals surface area contributed by atoms with Gasteiger partial charge in [-0.25, -0.2) is 0 Å². The maximum Gasteiger partial charge on any atom is 0.197 e. The zero-order valence-electron chi connectivity index (χ0n) is 16.5. The van der Waals surface area contributed by atoms with Gasteiger partial charge in [-0.05, 0) is 62.2 Å². The van der Waals surface area contributed by atoms with Crippen molar-refractivity contribution >= 4 is 16.8 Å². The standard InChI is InChI=1S/C25H22O3/c1-15-13-16(2)22(17(3)14-15)25-23(20-7-5-6-8-21(20)28-25)24(26)18-9-11-19(27-4)12-10-18/h5-14H,1-4H3. The molecule has 140 valence electrons. The summed E-state index contributed by atoms with van der Waals surface area (Å²) in [5.41, 5.74) is 6.30. The van der Waals surface area contributed by atoms with Gasteiger partial charge in [-0.2, -0.15) is 0 Å². The molecular formula is C25H22O3. The summed E-state index contributed by atoms with van der Waals surface area (Å²) in [5, 5.41) is 0.831. The molecular weight excluding hydrogens is 348 g/mol. The Morgan fingerprint density at radius 3 is 2.18 bits per heavy atom. The van der Waals surface area contributed by atoms with Crippen molar-refractivity contribution in [2.75, 3.05) is 7.11 Å². The Kier molecular flexibility index (Phi) is 4.52. The third-order valence-corrected chi connectivity index (χ3v) is 5.08. The third kappa shape index (κ3) is 2.99. The number of furan rings is 1. The lowest BCUT2D eigenvalue weighted by molar-refractivity contribution is 0.104. The number of hydrogen-bond acceptors (Lipinski definition) is 3. The van der Waals surface area contributed by atoms with E-state index >= 15 is 0 Å². The van der Waals surface area contributed by atoms with Gasteiger partial charge in [0.25, 0.3) is 0 Å². The molecule has 0 aliphatic heterocycles. The zero-order valence-corrected chi connectivity index (χ0v) is 16.5. The number of carbonyl (C=O) groups is 1. The van der Waals surface area contributed by atoms with Crippen LogP contribution in [-0.4, -0.2) is 12.9 Å². The highest BCUT2D eigenvalue weighted by Gasteiger charge is 2.25. The van der Waals surface area contributed by atoms with Crippen molar-refractivity contribution < 1.29 is 13.9 Å². The SMILES string of the molecule is COc1ccc(C(=O)c2c(-c3c(C)cc(C)cc3C)oc3ccccc23)cc1. The molecule has 0 aliphatic carbocycles. The summed E-state index contributed by atoms with van der Waals surface area (Å²) in [7, 11) is 1.61. The molecule has 0 radical (unpaired) electrons. The van der Waals surface area contributed by atoms with Crippen LogP contribution < -0.4 is 4.74 Å². The number of methoxy groups -OCH3 is 1. The number of rotatable bonds is 4. The molecule has 0 unspecified atom stereocenters. The minimum absolute atomic E-state index is 0.0537. The van der Waals surface area contributed by atoms with E-state index in [1.165, 1.54) is 5.56 Å². The first-order valence-corrected chi connectivity index (χ1v) is 9.28. The van der Waals surface area contributed by atoms with Gasteiger partial charge in [0.1, 0.15) is 17.1 Å². The second-order valence-electron chi connectivity index (χ2n) is 7.13. The minimum Gasteiger partial charge on any atom is -0.497 e. The fourth-order valence-corrected chi connectivity index (χ4v) is 3.87. The van der Waals surface area contributed by atoms with Crippen molar-refractivity contribution in [1.82, 2.24) is 0 Å². The van der Waals surface area contributed by atoms with Crippen LogP contribution in [0.5, 0.6) is 5.75 Å². The van der Waals surface area contributed by atoms with Gasteiger partial charge in [-0.1, -0.05) is 35.9 Å². The fourth-order valence-electron chi connectivity index (χ4n) is 3.87. The van der Waals surface area contributed by atoms with Crippen LogP contribution >= 0.6 is 0 Å². The summed E-state index contributed by atoms with van der Waals surface area (Å²) in [6.07, 6.45) is 0. The highest BCUT2D eigenvalue weighted by atomic mass is 16.5. The predicted molar refractivity (Wildman–Crippen MR) is 112 cm³/mol. The highest BCUT2D eigenvalue weighted by Crippen LogP contribution is 2.38. The van der Waals surface area contributed by atoms with Crippen molar-refractivity contribution in [2.45, 2.75) is 20.8 Å². The van der Waals surface area contributed by atoms with Gasteiger partial charge >= 0.3 is 0 Å². The van der Waals surface area contributed by atoms with Crippen LogP contribution in [0.2, 0.25) is 0 Å². The van der Waals surface area contributed by atoms with E-state index in [9.17, 15) is 4.79 Å². The van der Waals surface area contributed by atoms with Crippen molar-refractivity contribution in [2.24, 2.45) is 0 Å². The van der Waals surface area contributed by atoms with E-state index in [2.05, 4.69) is 32.9 Å². The molecule has 0 spiro atoms. The molecule has 4 rings (SSSR count). The van der Waals surface area contributed by atoms with E-state index in [1.54, 1.807) is 31.4 Å². The molecule has 0 saturated heterocycles. The average Bonchev–Trinajstić information content (AvgIpc) is 3.05. The third-order valence-electron chi connectivity index (χ3n) is 5.08. The first-order valence-electron chi connectivity index (χ1n) is 9.28. The van der Waals surface area contributed by atoms with Gasteiger partial charge in [0.2, 0.25) is 0 Å². The first-order chi connectivity index (χ1) is 13.5. The normalized spacial score (nSPS) is 11.0. The molecule has 4 aromatic rings. The number of ether oxygens (including phenoxy) is 1. The molecule has 0 N–H and O–H groups in total. The first kappa shape index (κ1) is 18.1. The number of hydrogen-bond donors (Lipinski definition) is 0. The number of aryl methyl sites for hydroxylation is 3. The largest absolute Gasteiger partial charge is 0.497 e. The minimum atomic E-state index is -0.0537. The van der Waals surface area contributed by atoms with Crippen LogP contribution in [0.1, 0.15) is 32.6 Å². The number of fused-ring (bicyclic) bond motifs is 1. The quantitative estimate of drug-likeness (QED) is 0.398. The Balaban J connectivity index is 1.97. The van der Waals surface area contributed by atoms with Crippen molar-refractivity contribution in [3.8, 4) is 17.1 Å². The van der Waals surface area contributed by atoms with Gasteiger partial charge in [0.15, 0.2) is 5.78 Å². The van der Waals surface area contributed by atoms with E-state index in [-0.39, 0.29) is 5.78 Å². The lowest BCUT2D eigenvalue weighted by Gasteiger charge is -2.11. The van der Waals surface area contributed by atoms with Crippen LogP contribution in [0.4, 0.5) is 0 Å².